The van der Waals surface area contributed by atoms with Crippen LogP contribution < -0.4 is 16.8 Å². The molecule has 2 aromatic rings. The van der Waals surface area contributed by atoms with Gasteiger partial charge in [-0.2, -0.15) is 0 Å². The number of benzene rings is 1. The van der Waals surface area contributed by atoms with E-state index in [1.807, 2.05) is 6.92 Å². The lowest BCUT2D eigenvalue weighted by Crippen LogP contribution is -2.32. The average molecular weight is 251 g/mol. The van der Waals surface area contributed by atoms with Gasteiger partial charge in [-0.3, -0.25) is 4.98 Å². The van der Waals surface area contributed by atoms with Gasteiger partial charge in [-0.05, 0) is 19.4 Å². The smallest absolute Gasteiger partial charge is 0.408 e. The lowest BCUT2D eigenvalue weighted by atomic mass is 10.0. The number of fused-ring (bicyclic) bond motifs is 1. The minimum atomic E-state index is -0.800. The quantitative estimate of drug-likeness (QED) is 0.613. The number of aliphatic hydroxyl groups is 1. The molecule has 1 heterocycles. The lowest BCUT2D eigenvalue weighted by molar-refractivity contribution is 0.0697. The Morgan fingerprint density at radius 2 is 2.28 bits per heavy atom. The van der Waals surface area contributed by atoms with E-state index in [2.05, 4.69) is 10.3 Å². The van der Waals surface area contributed by atoms with Crippen molar-refractivity contribution in [2.24, 2.45) is 0 Å². The Balaban J connectivity index is 2.28. The van der Waals surface area contributed by atoms with E-state index in [1.165, 1.54) is 0 Å². The molecule has 0 fully saturated rings. The van der Waals surface area contributed by atoms with Crippen molar-refractivity contribution in [1.82, 2.24) is 4.98 Å². The van der Waals surface area contributed by atoms with E-state index in [9.17, 15) is 9.90 Å². The van der Waals surface area contributed by atoms with Gasteiger partial charge >= 0.3 is 5.76 Å². The number of nitrogens with one attached hydrogen (secondary N) is 2. The molecule has 0 spiro atoms. The van der Waals surface area contributed by atoms with Crippen LogP contribution in [-0.4, -0.2) is 22.2 Å². The topological polar surface area (TPSA) is 104 Å². The fourth-order valence-corrected chi connectivity index (χ4v) is 1.58. The summed E-state index contributed by atoms with van der Waals surface area (Å²) in [5.41, 5.74) is 7.17. The molecule has 0 amide bonds. The third kappa shape index (κ3) is 2.48. The van der Waals surface area contributed by atoms with Crippen LogP contribution in [-0.2, 0) is 0 Å². The van der Waals surface area contributed by atoms with Gasteiger partial charge in [0.25, 0.3) is 0 Å². The third-order valence-corrected chi connectivity index (χ3v) is 3.01. The van der Waals surface area contributed by atoms with Crippen molar-refractivity contribution >= 4 is 22.5 Å². The van der Waals surface area contributed by atoms with Crippen LogP contribution in [0.3, 0.4) is 0 Å². The fourth-order valence-electron chi connectivity index (χ4n) is 1.58. The normalized spacial score (nSPS) is 14.6. The first-order chi connectivity index (χ1) is 8.41. The van der Waals surface area contributed by atoms with Crippen LogP contribution in [0.2, 0.25) is 0 Å². The molecule has 5 N–H and O–H groups in total. The molecular formula is C12H17N3O3. The van der Waals surface area contributed by atoms with Crippen LogP contribution in [0.4, 0.5) is 11.4 Å². The molecule has 2 rings (SSSR count). The first kappa shape index (κ1) is 12.5. The maximum absolute atomic E-state index is 11.1. The highest BCUT2D eigenvalue weighted by atomic mass is 16.4. The largest absolute Gasteiger partial charge is 0.417 e. The number of rotatable bonds is 4. The zero-order valence-corrected chi connectivity index (χ0v) is 10.4. The van der Waals surface area contributed by atoms with Crippen molar-refractivity contribution in [1.29, 1.82) is 0 Å². The van der Waals surface area contributed by atoms with Crippen molar-refractivity contribution in [3.05, 3.63) is 22.7 Å². The van der Waals surface area contributed by atoms with E-state index in [0.717, 1.165) is 0 Å². The number of nitrogens with two attached hydrogens (primary N) is 1. The molecular weight excluding hydrogens is 234 g/mol. The Morgan fingerprint density at radius 3 is 2.94 bits per heavy atom. The molecule has 1 unspecified atom stereocenters. The molecule has 0 saturated heterocycles. The summed E-state index contributed by atoms with van der Waals surface area (Å²) in [5, 5.41) is 13.0. The van der Waals surface area contributed by atoms with E-state index in [4.69, 9.17) is 10.2 Å². The summed E-state index contributed by atoms with van der Waals surface area (Å²) in [7, 11) is 0. The molecule has 0 aliphatic rings. The predicted octanol–water partition coefficient (Wildman–Crippen LogP) is 1.28. The van der Waals surface area contributed by atoms with Gasteiger partial charge in [0.1, 0.15) is 0 Å². The van der Waals surface area contributed by atoms with Crippen molar-refractivity contribution in [3.8, 4) is 0 Å². The van der Waals surface area contributed by atoms with E-state index in [0.29, 0.717) is 35.4 Å². The number of nitrogen functional groups attached to an aromatic ring is 1. The van der Waals surface area contributed by atoms with E-state index < -0.39 is 11.4 Å². The highest BCUT2D eigenvalue weighted by Gasteiger charge is 2.17. The Morgan fingerprint density at radius 1 is 1.56 bits per heavy atom. The van der Waals surface area contributed by atoms with Crippen LogP contribution in [0.5, 0.6) is 0 Å². The number of anilines is 2. The highest BCUT2D eigenvalue weighted by Crippen LogP contribution is 2.25. The maximum atomic E-state index is 11.1. The van der Waals surface area contributed by atoms with Gasteiger partial charge in [0.15, 0.2) is 5.58 Å². The minimum absolute atomic E-state index is 0.376. The lowest BCUT2D eigenvalue weighted by Gasteiger charge is -2.22. The average Bonchev–Trinajstić information content (AvgIpc) is 2.65. The van der Waals surface area contributed by atoms with Crippen LogP contribution in [0.1, 0.15) is 20.3 Å². The molecule has 6 nitrogen and oxygen atoms in total. The first-order valence-electron chi connectivity index (χ1n) is 5.80. The minimum Gasteiger partial charge on any atom is -0.408 e. The van der Waals surface area contributed by atoms with Gasteiger partial charge in [-0.25, -0.2) is 4.79 Å². The van der Waals surface area contributed by atoms with Gasteiger partial charge in [-0.1, -0.05) is 6.92 Å². The molecule has 0 saturated carbocycles. The molecule has 0 bridgehead atoms. The van der Waals surface area contributed by atoms with E-state index in [1.54, 1.807) is 19.1 Å². The summed E-state index contributed by atoms with van der Waals surface area (Å²) in [6.07, 6.45) is 0.630. The van der Waals surface area contributed by atoms with Crippen molar-refractivity contribution in [3.63, 3.8) is 0 Å². The zero-order chi connectivity index (χ0) is 13.3. The Kier molecular flexibility index (Phi) is 3.04. The molecule has 0 aliphatic carbocycles. The first-order valence-corrected chi connectivity index (χ1v) is 5.80. The van der Waals surface area contributed by atoms with Crippen molar-refractivity contribution in [2.75, 3.05) is 17.6 Å². The second-order valence-electron chi connectivity index (χ2n) is 4.65. The van der Waals surface area contributed by atoms with Crippen molar-refractivity contribution < 1.29 is 9.52 Å². The summed E-state index contributed by atoms with van der Waals surface area (Å²) in [4.78, 5) is 13.6. The molecule has 98 valence electrons. The molecule has 1 atom stereocenters. The SMILES string of the molecule is CCC(C)(O)CNc1cc2[nH]c(=O)oc2cc1N. The second kappa shape index (κ2) is 4.38. The number of hydrogen-bond donors (Lipinski definition) is 4. The van der Waals surface area contributed by atoms with Crippen molar-refractivity contribution in [2.45, 2.75) is 25.9 Å². The van der Waals surface area contributed by atoms with Crippen LogP contribution in [0.15, 0.2) is 21.3 Å². The maximum Gasteiger partial charge on any atom is 0.417 e. The van der Waals surface area contributed by atoms with Crippen LogP contribution in [0, 0.1) is 0 Å². The number of H-pyrrole nitrogens is 1. The molecule has 1 aromatic carbocycles. The molecule has 1 aromatic heterocycles. The zero-order valence-electron chi connectivity index (χ0n) is 10.4. The number of aromatic amines is 1. The van der Waals surface area contributed by atoms with E-state index >= 15 is 0 Å². The van der Waals surface area contributed by atoms with Gasteiger partial charge in [-0.15, -0.1) is 0 Å². The Labute approximate surface area is 104 Å². The second-order valence-corrected chi connectivity index (χ2v) is 4.65. The summed E-state index contributed by atoms with van der Waals surface area (Å²) in [6.45, 7) is 4.03. The fraction of sp³-hybridized carbons (Fsp3) is 0.417. The molecule has 6 heteroatoms. The summed E-state index contributed by atoms with van der Waals surface area (Å²) in [6, 6.07) is 3.28. The summed E-state index contributed by atoms with van der Waals surface area (Å²) < 4.78 is 4.90. The van der Waals surface area contributed by atoms with Gasteiger partial charge in [0.05, 0.1) is 22.5 Å². The monoisotopic (exact) mass is 251 g/mol. The molecule has 0 aliphatic heterocycles. The predicted molar refractivity (Wildman–Crippen MR) is 70.7 cm³/mol. The number of aromatic nitrogens is 1. The Bertz CT molecular complexity index is 613. The van der Waals surface area contributed by atoms with Crippen LogP contribution in [0.25, 0.3) is 11.1 Å². The molecule has 0 radical (unpaired) electrons. The van der Waals surface area contributed by atoms with E-state index in [-0.39, 0.29) is 0 Å². The van der Waals surface area contributed by atoms with Gasteiger partial charge < -0.3 is 20.6 Å². The highest BCUT2D eigenvalue weighted by molar-refractivity contribution is 5.85. The van der Waals surface area contributed by atoms with Gasteiger partial charge in [0.2, 0.25) is 0 Å². The Hall–Kier alpha value is -1.95. The van der Waals surface area contributed by atoms with Gasteiger partial charge in [0, 0.05) is 12.6 Å². The number of oxazole rings is 1. The number of hydrogen-bond acceptors (Lipinski definition) is 5. The van der Waals surface area contributed by atoms with Crippen LogP contribution >= 0.6 is 0 Å². The third-order valence-electron chi connectivity index (χ3n) is 3.01. The summed E-state index contributed by atoms with van der Waals surface area (Å²) >= 11 is 0. The molecule has 18 heavy (non-hydrogen) atoms. The summed E-state index contributed by atoms with van der Waals surface area (Å²) in [5.74, 6) is -0.512. The standard InChI is InChI=1S/C12H17N3O3/c1-3-12(2,17)6-14-8-5-9-10(4-7(8)13)18-11(16)15-9/h4-5,14,17H,3,6,13H2,1-2H3,(H,15,16).